The van der Waals surface area contributed by atoms with E-state index in [0.717, 1.165) is 5.56 Å². The highest BCUT2D eigenvalue weighted by Gasteiger charge is 2.22. The molecule has 1 aliphatic rings. The Balaban J connectivity index is 1.99. The molecule has 1 saturated heterocycles. The van der Waals surface area contributed by atoms with E-state index in [1.165, 1.54) is 0 Å². The van der Waals surface area contributed by atoms with Gasteiger partial charge in [0.2, 0.25) is 5.91 Å². The second-order valence-corrected chi connectivity index (χ2v) is 5.68. The lowest BCUT2D eigenvalue weighted by Crippen LogP contribution is -2.48. The van der Waals surface area contributed by atoms with Crippen molar-refractivity contribution in [3.63, 3.8) is 0 Å². The highest BCUT2D eigenvalue weighted by Crippen LogP contribution is 2.16. The maximum absolute atomic E-state index is 12.1. The number of hydrogen-bond acceptors (Lipinski definition) is 6. The third kappa shape index (κ3) is 2.84. The van der Waals surface area contributed by atoms with Crippen LogP contribution in [0.4, 0.5) is 5.82 Å². The number of thiophene rings is 1. The van der Waals surface area contributed by atoms with Crippen molar-refractivity contribution in [3.8, 4) is 6.07 Å². The van der Waals surface area contributed by atoms with Crippen molar-refractivity contribution in [2.45, 2.75) is 6.42 Å². The molecule has 0 saturated carbocycles. The fraction of sp³-hybridized carbons (Fsp3) is 0.286. The Morgan fingerprint density at radius 3 is 3.00 bits per heavy atom. The van der Waals surface area contributed by atoms with E-state index in [1.807, 2.05) is 22.9 Å². The van der Waals surface area contributed by atoms with Crippen molar-refractivity contribution in [3.05, 3.63) is 44.1 Å². The number of rotatable bonds is 3. The van der Waals surface area contributed by atoms with Gasteiger partial charge in [0, 0.05) is 19.5 Å². The van der Waals surface area contributed by atoms with Crippen molar-refractivity contribution in [1.29, 1.82) is 5.26 Å². The molecule has 0 spiro atoms. The van der Waals surface area contributed by atoms with E-state index in [0.29, 0.717) is 25.3 Å². The summed E-state index contributed by atoms with van der Waals surface area (Å²) in [6.07, 6.45) is 0.484. The summed E-state index contributed by atoms with van der Waals surface area (Å²) in [7, 11) is 0. The molecule has 0 bridgehead atoms. The van der Waals surface area contributed by atoms with Crippen molar-refractivity contribution in [2.75, 3.05) is 24.5 Å². The highest BCUT2D eigenvalue weighted by atomic mass is 32.1. The summed E-state index contributed by atoms with van der Waals surface area (Å²) >= 11 is 1.57. The maximum Gasteiger partial charge on any atom is 0.271 e. The number of H-pyrrole nitrogens is 1. The first-order chi connectivity index (χ1) is 10.7. The zero-order chi connectivity index (χ0) is 15.5. The van der Waals surface area contributed by atoms with Gasteiger partial charge in [-0.1, -0.05) is 0 Å². The zero-order valence-electron chi connectivity index (χ0n) is 11.6. The van der Waals surface area contributed by atoms with Crippen molar-refractivity contribution < 1.29 is 4.79 Å². The molecular weight excluding hydrogens is 302 g/mol. The SMILES string of the molecule is N#Cc1c(N2CCNC(=O)C2)nc(Cc2ccsc2)[nH]c1=O. The van der Waals surface area contributed by atoms with E-state index in [2.05, 4.69) is 15.3 Å². The average molecular weight is 315 g/mol. The first-order valence-corrected chi connectivity index (χ1v) is 7.67. The molecule has 2 N–H and O–H groups in total. The van der Waals surface area contributed by atoms with Crippen LogP contribution in [0.25, 0.3) is 0 Å². The van der Waals surface area contributed by atoms with Crippen LogP contribution in [0.2, 0.25) is 0 Å². The predicted octanol–water partition coefficient (Wildman–Crippen LogP) is 0.230. The van der Waals surface area contributed by atoms with Crippen LogP contribution in [0.5, 0.6) is 0 Å². The summed E-state index contributed by atoms with van der Waals surface area (Å²) < 4.78 is 0. The molecule has 1 aliphatic heterocycles. The van der Waals surface area contributed by atoms with Crippen molar-refractivity contribution >= 4 is 23.1 Å². The normalized spacial score (nSPS) is 14.5. The molecule has 3 rings (SSSR count). The van der Waals surface area contributed by atoms with Crippen LogP contribution < -0.4 is 15.8 Å². The van der Waals surface area contributed by atoms with Crippen LogP contribution in [0.1, 0.15) is 17.0 Å². The number of carbonyl (C=O) groups is 1. The summed E-state index contributed by atoms with van der Waals surface area (Å²) in [6, 6.07) is 3.84. The number of carbonyl (C=O) groups excluding carboxylic acids is 1. The zero-order valence-corrected chi connectivity index (χ0v) is 12.4. The van der Waals surface area contributed by atoms with Crippen molar-refractivity contribution in [2.24, 2.45) is 0 Å². The number of anilines is 1. The molecular formula is C14H13N5O2S. The lowest BCUT2D eigenvalue weighted by molar-refractivity contribution is -0.120. The van der Waals surface area contributed by atoms with Gasteiger partial charge in [-0.25, -0.2) is 4.98 Å². The lowest BCUT2D eigenvalue weighted by atomic mass is 10.2. The van der Waals surface area contributed by atoms with E-state index in [-0.39, 0.29) is 23.8 Å². The molecule has 1 amide bonds. The van der Waals surface area contributed by atoms with Gasteiger partial charge in [0.25, 0.3) is 5.56 Å². The second-order valence-electron chi connectivity index (χ2n) is 4.90. The maximum atomic E-state index is 12.1. The Morgan fingerprint density at radius 2 is 2.32 bits per heavy atom. The van der Waals surface area contributed by atoms with E-state index in [4.69, 9.17) is 0 Å². The molecule has 0 unspecified atom stereocenters. The fourth-order valence-electron chi connectivity index (χ4n) is 2.33. The van der Waals surface area contributed by atoms with Crippen LogP contribution in [0.3, 0.4) is 0 Å². The van der Waals surface area contributed by atoms with Gasteiger partial charge in [0.15, 0.2) is 11.4 Å². The van der Waals surface area contributed by atoms with E-state index in [1.54, 1.807) is 16.2 Å². The Kier molecular flexibility index (Phi) is 3.89. The molecule has 0 atom stereocenters. The number of aromatic nitrogens is 2. The molecule has 2 aromatic heterocycles. The molecule has 7 nitrogen and oxygen atoms in total. The van der Waals surface area contributed by atoms with Gasteiger partial charge in [-0.2, -0.15) is 16.6 Å². The van der Waals surface area contributed by atoms with E-state index in [9.17, 15) is 14.9 Å². The molecule has 1 fully saturated rings. The van der Waals surface area contributed by atoms with Crippen LogP contribution in [0, 0.1) is 11.3 Å². The summed E-state index contributed by atoms with van der Waals surface area (Å²) in [5, 5.41) is 15.8. The van der Waals surface area contributed by atoms with Gasteiger partial charge in [-0.3, -0.25) is 9.59 Å². The lowest BCUT2D eigenvalue weighted by Gasteiger charge is -2.28. The largest absolute Gasteiger partial charge is 0.353 e. The average Bonchev–Trinajstić information content (AvgIpc) is 2.99. The number of aromatic amines is 1. The Morgan fingerprint density at radius 1 is 1.45 bits per heavy atom. The molecule has 3 heterocycles. The molecule has 2 aromatic rings. The molecule has 8 heteroatoms. The Bertz CT molecular complexity index is 791. The quantitative estimate of drug-likeness (QED) is 0.844. The van der Waals surface area contributed by atoms with Gasteiger partial charge in [-0.05, 0) is 22.4 Å². The summed E-state index contributed by atoms with van der Waals surface area (Å²) in [6.45, 7) is 1.09. The first kappa shape index (κ1) is 14.3. The summed E-state index contributed by atoms with van der Waals surface area (Å²) in [5.74, 6) is 0.631. The van der Waals surface area contributed by atoms with Crippen LogP contribution in [0.15, 0.2) is 21.6 Å². The van der Waals surface area contributed by atoms with Crippen LogP contribution >= 0.6 is 11.3 Å². The second kappa shape index (κ2) is 5.99. The minimum atomic E-state index is -0.469. The standard InChI is InChI=1S/C14H13N5O2S/c15-6-10-13(19-3-2-16-12(20)7-19)17-11(18-14(10)21)5-9-1-4-22-8-9/h1,4,8H,2-3,5,7H2,(H,16,20)(H,17,18,21). The monoisotopic (exact) mass is 315 g/mol. The van der Waals surface area contributed by atoms with Gasteiger partial charge in [0.05, 0.1) is 6.54 Å². The molecule has 0 aromatic carbocycles. The molecule has 0 radical (unpaired) electrons. The van der Waals surface area contributed by atoms with E-state index < -0.39 is 5.56 Å². The van der Waals surface area contributed by atoms with Gasteiger partial charge < -0.3 is 15.2 Å². The third-order valence-electron chi connectivity index (χ3n) is 3.35. The minimum absolute atomic E-state index is 0.0521. The van der Waals surface area contributed by atoms with Gasteiger partial charge in [-0.15, -0.1) is 0 Å². The number of piperazine rings is 1. The van der Waals surface area contributed by atoms with Gasteiger partial charge >= 0.3 is 0 Å². The first-order valence-electron chi connectivity index (χ1n) is 6.73. The molecule has 112 valence electrons. The number of nitrogens with one attached hydrogen (secondary N) is 2. The predicted molar refractivity (Wildman–Crippen MR) is 81.9 cm³/mol. The Hall–Kier alpha value is -2.66. The summed E-state index contributed by atoms with van der Waals surface area (Å²) in [5.41, 5.74) is 0.521. The topological polar surface area (TPSA) is 102 Å². The van der Waals surface area contributed by atoms with Crippen LogP contribution in [-0.4, -0.2) is 35.5 Å². The number of hydrogen-bond donors (Lipinski definition) is 2. The molecule has 0 aliphatic carbocycles. The highest BCUT2D eigenvalue weighted by molar-refractivity contribution is 7.07. The van der Waals surface area contributed by atoms with Crippen LogP contribution in [-0.2, 0) is 11.2 Å². The minimum Gasteiger partial charge on any atom is -0.353 e. The smallest absolute Gasteiger partial charge is 0.271 e. The number of amides is 1. The van der Waals surface area contributed by atoms with E-state index >= 15 is 0 Å². The molecule has 22 heavy (non-hydrogen) atoms. The third-order valence-corrected chi connectivity index (χ3v) is 4.08. The summed E-state index contributed by atoms with van der Waals surface area (Å²) in [4.78, 5) is 32.4. The number of nitriles is 1. The van der Waals surface area contributed by atoms with Crippen molar-refractivity contribution in [1.82, 2.24) is 15.3 Å². The van der Waals surface area contributed by atoms with Gasteiger partial charge in [0.1, 0.15) is 11.9 Å². The Labute approximate surface area is 130 Å². The fourth-order valence-corrected chi connectivity index (χ4v) is 2.99. The number of nitrogens with zero attached hydrogens (tertiary/aromatic N) is 3.